The van der Waals surface area contributed by atoms with Crippen molar-refractivity contribution in [1.82, 2.24) is 5.32 Å². The fourth-order valence-electron chi connectivity index (χ4n) is 7.09. The molecule has 4 aliphatic heterocycles. The molecule has 1 spiro atoms. The molecule has 0 unspecified atom stereocenters. The van der Waals surface area contributed by atoms with Gasteiger partial charge in [-0.1, -0.05) is 41.9 Å². The topological polar surface area (TPSA) is 82.8 Å². The quantitative estimate of drug-likeness (QED) is 0.441. The molecule has 0 bridgehead atoms. The Hall–Kier alpha value is -3.20. The molecule has 0 aromatic heterocycles. The van der Waals surface area contributed by atoms with Crippen molar-refractivity contribution in [2.75, 3.05) is 26.4 Å². The van der Waals surface area contributed by atoms with Gasteiger partial charge in [0.25, 0.3) is 0 Å². The average Bonchev–Trinajstić information content (AvgIpc) is 3.70. The Balaban J connectivity index is 1.44. The number of halogens is 3. The van der Waals surface area contributed by atoms with E-state index in [0.717, 1.165) is 24.9 Å². The largest absolute Gasteiger partial charge is 0.489 e. The van der Waals surface area contributed by atoms with Crippen molar-refractivity contribution >= 4 is 17.5 Å². The van der Waals surface area contributed by atoms with Gasteiger partial charge in [0.05, 0.1) is 23.2 Å². The van der Waals surface area contributed by atoms with E-state index < -0.39 is 28.6 Å². The van der Waals surface area contributed by atoms with Gasteiger partial charge < -0.3 is 25.3 Å². The van der Waals surface area contributed by atoms with Crippen LogP contribution in [0.1, 0.15) is 52.7 Å². The molecule has 3 aromatic carbocycles. The van der Waals surface area contributed by atoms with Gasteiger partial charge in [-0.15, -0.1) is 0 Å². The molecule has 9 heteroatoms. The SMILES string of the molecule is NC(=O)c1cc2c(c(F)c1-c1c(Cl)c(F)cc3c1C[C@](c1ccccc1)([C@@H]1CCCN1)O3)OCC21CCOCC1. The zero-order chi connectivity index (χ0) is 27.6. The molecule has 4 aliphatic rings. The molecule has 6 nitrogen and oxygen atoms in total. The molecule has 40 heavy (non-hydrogen) atoms. The van der Waals surface area contributed by atoms with Crippen LogP contribution in [0.3, 0.4) is 0 Å². The Morgan fingerprint density at radius 3 is 2.58 bits per heavy atom. The van der Waals surface area contributed by atoms with Gasteiger partial charge >= 0.3 is 0 Å². The third kappa shape index (κ3) is 3.69. The molecule has 2 fully saturated rings. The number of benzene rings is 3. The summed E-state index contributed by atoms with van der Waals surface area (Å²) in [6.07, 6.45) is 3.39. The fourth-order valence-corrected chi connectivity index (χ4v) is 7.35. The second kappa shape index (κ2) is 9.43. The summed E-state index contributed by atoms with van der Waals surface area (Å²) in [5.41, 5.74) is 6.45. The molecule has 1 amide bonds. The van der Waals surface area contributed by atoms with Gasteiger partial charge in [0.2, 0.25) is 5.91 Å². The maximum Gasteiger partial charge on any atom is 0.249 e. The molecular formula is C31H29ClF2N2O4. The number of primary amides is 1. The van der Waals surface area contributed by atoms with E-state index in [0.29, 0.717) is 43.6 Å². The summed E-state index contributed by atoms with van der Waals surface area (Å²) < 4.78 is 50.2. The summed E-state index contributed by atoms with van der Waals surface area (Å²) in [5.74, 6) is -2.03. The third-order valence-electron chi connectivity index (χ3n) is 9.15. The van der Waals surface area contributed by atoms with E-state index >= 15 is 8.78 Å². The summed E-state index contributed by atoms with van der Waals surface area (Å²) in [7, 11) is 0. The summed E-state index contributed by atoms with van der Waals surface area (Å²) in [6.45, 7) is 2.12. The molecule has 3 N–H and O–H groups in total. The highest BCUT2D eigenvalue weighted by Crippen LogP contribution is 2.55. The van der Waals surface area contributed by atoms with Gasteiger partial charge in [0.15, 0.2) is 17.2 Å². The molecule has 0 aliphatic carbocycles. The molecule has 0 saturated carbocycles. The van der Waals surface area contributed by atoms with Crippen LogP contribution in [0.15, 0.2) is 42.5 Å². The van der Waals surface area contributed by atoms with Crippen molar-refractivity contribution in [2.45, 2.75) is 49.2 Å². The minimum Gasteiger partial charge on any atom is -0.489 e. The first-order chi connectivity index (χ1) is 19.3. The third-order valence-corrected chi connectivity index (χ3v) is 9.52. The van der Waals surface area contributed by atoms with E-state index in [1.807, 2.05) is 30.3 Å². The van der Waals surface area contributed by atoms with Gasteiger partial charge in [-0.25, -0.2) is 8.78 Å². The summed E-state index contributed by atoms with van der Waals surface area (Å²) in [4.78, 5) is 12.9. The Labute approximate surface area is 235 Å². The van der Waals surface area contributed by atoms with E-state index in [1.165, 1.54) is 6.07 Å². The second-order valence-electron chi connectivity index (χ2n) is 11.2. The smallest absolute Gasteiger partial charge is 0.249 e. The number of nitrogens with two attached hydrogens (primary N) is 1. The first-order valence-corrected chi connectivity index (χ1v) is 14.1. The van der Waals surface area contributed by atoms with Crippen LogP contribution in [0, 0.1) is 11.6 Å². The molecular weight excluding hydrogens is 538 g/mol. The minimum absolute atomic E-state index is 0.0569. The van der Waals surface area contributed by atoms with E-state index in [4.69, 9.17) is 31.5 Å². The lowest BCUT2D eigenvalue weighted by Gasteiger charge is -2.35. The van der Waals surface area contributed by atoms with Crippen LogP contribution in [0.5, 0.6) is 11.5 Å². The van der Waals surface area contributed by atoms with Crippen molar-refractivity contribution in [2.24, 2.45) is 5.73 Å². The predicted molar refractivity (Wildman–Crippen MR) is 146 cm³/mol. The summed E-state index contributed by atoms with van der Waals surface area (Å²) >= 11 is 6.63. The molecule has 3 aromatic rings. The zero-order valence-electron chi connectivity index (χ0n) is 21.8. The molecule has 2 saturated heterocycles. The van der Waals surface area contributed by atoms with Crippen molar-refractivity contribution in [1.29, 1.82) is 0 Å². The zero-order valence-corrected chi connectivity index (χ0v) is 22.6. The number of rotatable bonds is 4. The number of amides is 1. The first kappa shape index (κ1) is 25.7. The summed E-state index contributed by atoms with van der Waals surface area (Å²) in [5, 5.41) is 3.25. The maximum atomic E-state index is 16.6. The van der Waals surface area contributed by atoms with Crippen molar-refractivity contribution in [3.8, 4) is 22.6 Å². The average molecular weight is 567 g/mol. The maximum absolute atomic E-state index is 16.6. The van der Waals surface area contributed by atoms with Crippen molar-refractivity contribution in [3.05, 3.63) is 81.4 Å². The number of carbonyl (C=O) groups excluding carboxylic acids is 1. The normalized spacial score (nSPS) is 24.4. The number of nitrogens with one attached hydrogen (secondary N) is 1. The van der Waals surface area contributed by atoms with Crippen LogP contribution in [0.25, 0.3) is 11.1 Å². The lowest BCUT2D eigenvalue weighted by atomic mass is 9.74. The summed E-state index contributed by atoms with van der Waals surface area (Å²) in [6, 6.07) is 12.6. The van der Waals surface area contributed by atoms with Crippen molar-refractivity contribution in [3.63, 3.8) is 0 Å². The van der Waals surface area contributed by atoms with Gasteiger partial charge in [0, 0.05) is 53.4 Å². The van der Waals surface area contributed by atoms with Crippen LogP contribution >= 0.6 is 11.6 Å². The predicted octanol–water partition coefficient (Wildman–Crippen LogP) is 5.41. The lowest BCUT2D eigenvalue weighted by Crippen LogP contribution is -2.48. The van der Waals surface area contributed by atoms with E-state index in [-0.39, 0.29) is 45.9 Å². The minimum atomic E-state index is -0.866. The van der Waals surface area contributed by atoms with Gasteiger partial charge in [-0.3, -0.25) is 4.79 Å². The van der Waals surface area contributed by atoms with E-state index in [1.54, 1.807) is 6.07 Å². The number of carbonyl (C=O) groups is 1. The number of hydrogen-bond acceptors (Lipinski definition) is 5. The van der Waals surface area contributed by atoms with Crippen LogP contribution in [0.4, 0.5) is 8.78 Å². The van der Waals surface area contributed by atoms with Crippen LogP contribution in [-0.2, 0) is 22.2 Å². The Bertz CT molecular complexity index is 1520. The Morgan fingerprint density at radius 1 is 1.10 bits per heavy atom. The second-order valence-corrected chi connectivity index (χ2v) is 11.6. The highest BCUT2D eigenvalue weighted by molar-refractivity contribution is 6.34. The Morgan fingerprint density at radius 2 is 1.88 bits per heavy atom. The van der Waals surface area contributed by atoms with Gasteiger partial charge in [0.1, 0.15) is 11.6 Å². The highest BCUT2D eigenvalue weighted by Gasteiger charge is 2.51. The first-order valence-electron chi connectivity index (χ1n) is 13.7. The number of ether oxygens (including phenoxy) is 3. The monoisotopic (exact) mass is 566 g/mol. The lowest BCUT2D eigenvalue weighted by molar-refractivity contribution is 0.0419. The number of fused-ring (bicyclic) bond motifs is 3. The van der Waals surface area contributed by atoms with Crippen LogP contribution < -0.4 is 20.5 Å². The number of hydrogen-bond donors (Lipinski definition) is 2. The van der Waals surface area contributed by atoms with Gasteiger partial charge in [-0.2, -0.15) is 0 Å². The molecule has 208 valence electrons. The fraction of sp³-hybridized carbons (Fsp3) is 0.387. The van der Waals surface area contributed by atoms with Crippen molar-refractivity contribution < 1.29 is 27.8 Å². The highest BCUT2D eigenvalue weighted by atomic mass is 35.5. The molecule has 7 rings (SSSR count). The molecule has 4 heterocycles. The molecule has 0 radical (unpaired) electrons. The van der Waals surface area contributed by atoms with E-state index in [9.17, 15) is 4.79 Å². The van der Waals surface area contributed by atoms with Gasteiger partial charge in [-0.05, 0) is 43.9 Å². The Kier molecular flexibility index (Phi) is 6.07. The molecule has 2 atom stereocenters. The van der Waals surface area contributed by atoms with E-state index in [2.05, 4.69) is 5.32 Å². The standard InChI is InChI=1S/C31H29ClF2N2O4/c32-26-21(33)14-22-19(15-31(40-22,23-7-4-10-36-23)17-5-2-1-3-6-17)24(26)25-18(29(35)37)13-20-28(27(25)34)39-16-30(20)8-11-38-12-9-30/h1-3,5-6,13-14,23,36H,4,7-12,15-16H2,(H2,35,37)/t23-,31-/m0/s1. The van der Waals surface area contributed by atoms with Crippen LogP contribution in [0.2, 0.25) is 5.02 Å². The van der Waals surface area contributed by atoms with Crippen LogP contribution in [-0.4, -0.2) is 38.3 Å².